The monoisotopic (exact) mass is 352 g/mol. The van der Waals surface area contributed by atoms with E-state index >= 15 is 0 Å². The fourth-order valence-corrected chi connectivity index (χ4v) is 2.78. The first-order chi connectivity index (χ1) is 12.5. The van der Waals surface area contributed by atoms with E-state index in [0.29, 0.717) is 23.8 Å². The highest BCUT2D eigenvalue weighted by Crippen LogP contribution is 2.32. The fourth-order valence-electron chi connectivity index (χ4n) is 2.78. The molecule has 3 rings (SSSR count). The third-order valence-corrected chi connectivity index (χ3v) is 4.70. The maximum absolute atomic E-state index is 12.5. The lowest BCUT2D eigenvalue weighted by atomic mass is 10.0. The zero-order valence-corrected chi connectivity index (χ0v) is 15.4. The minimum atomic E-state index is -0.0956. The molecule has 2 aromatic carbocycles. The van der Waals surface area contributed by atoms with Crippen molar-refractivity contribution < 1.29 is 14.3 Å². The zero-order valence-electron chi connectivity index (χ0n) is 15.4. The van der Waals surface area contributed by atoms with Crippen LogP contribution < -0.4 is 15.0 Å². The van der Waals surface area contributed by atoms with Crippen LogP contribution >= 0.6 is 0 Å². The second-order valence-corrected chi connectivity index (χ2v) is 6.94. The van der Waals surface area contributed by atoms with Crippen molar-refractivity contribution in [1.29, 1.82) is 0 Å². The summed E-state index contributed by atoms with van der Waals surface area (Å²) in [7, 11) is 0. The molecule has 1 aliphatic rings. The molecule has 1 N–H and O–H groups in total. The Bertz CT molecular complexity index is 816. The van der Waals surface area contributed by atoms with Gasteiger partial charge in [0.2, 0.25) is 0 Å². The molecular weight excluding hydrogens is 328 g/mol. The van der Waals surface area contributed by atoms with Gasteiger partial charge in [-0.2, -0.15) is 0 Å². The molecule has 1 heterocycles. The topological polar surface area (TPSA) is 58.6 Å². The number of benzene rings is 2. The van der Waals surface area contributed by atoms with Crippen LogP contribution in [0.25, 0.3) is 0 Å². The molecule has 0 unspecified atom stereocenters. The molecule has 1 atom stereocenters. The Labute approximate surface area is 154 Å². The van der Waals surface area contributed by atoms with E-state index in [4.69, 9.17) is 4.74 Å². The van der Waals surface area contributed by atoms with Crippen molar-refractivity contribution >= 4 is 17.5 Å². The van der Waals surface area contributed by atoms with Crippen LogP contribution in [0.1, 0.15) is 36.7 Å². The number of rotatable bonds is 5. The van der Waals surface area contributed by atoms with Crippen molar-refractivity contribution in [2.75, 3.05) is 11.5 Å². The molecule has 26 heavy (non-hydrogen) atoms. The van der Waals surface area contributed by atoms with Gasteiger partial charge in [-0.3, -0.25) is 9.59 Å². The molecule has 5 heteroatoms. The summed E-state index contributed by atoms with van der Waals surface area (Å²) in [4.78, 5) is 26.5. The maximum atomic E-state index is 12.5. The first-order valence-corrected chi connectivity index (χ1v) is 8.87. The summed E-state index contributed by atoms with van der Waals surface area (Å²) < 4.78 is 5.48. The molecule has 0 bridgehead atoms. The van der Waals surface area contributed by atoms with Gasteiger partial charge < -0.3 is 15.0 Å². The van der Waals surface area contributed by atoms with Gasteiger partial charge in [-0.25, -0.2) is 0 Å². The van der Waals surface area contributed by atoms with Crippen LogP contribution in [0.2, 0.25) is 0 Å². The van der Waals surface area contributed by atoms with E-state index < -0.39 is 0 Å². The van der Waals surface area contributed by atoms with Crippen LogP contribution in [0.4, 0.5) is 5.69 Å². The molecule has 2 amide bonds. The molecule has 0 fully saturated rings. The minimum Gasteiger partial charge on any atom is -0.482 e. The third-order valence-electron chi connectivity index (χ3n) is 4.70. The SMILES string of the molecule is CC(C)[C@@H](C)NC(=O)c1cccc(CN2C(=O)COc3ccccc32)c1. The number of para-hydroxylation sites is 2. The second-order valence-electron chi connectivity index (χ2n) is 6.94. The Morgan fingerprint density at radius 2 is 1.92 bits per heavy atom. The number of carbonyl (C=O) groups excluding carboxylic acids is 2. The van der Waals surface area contributed by atoms with Gasteiger partial charge in [0.25, 0.3) is 11.8 Å². The Kier molecular flexibility index (Phi) is 5.26. The standard InChI is InChI=1S/C21H24N2O3/c1-14(2)15(3)22-21(25)17-8-6-7-16(11-17)12-23-18-9-4-5-10-19(18)26-13-20(23)24/h4-11,14-15H,12-13H2,1-3H3,(H,22,25)/t15-/m1/s1. The van der Waals surface area contributed by atoms with E-state index in [0.717, 1.165) is 11.3 Å². The molecule has 0 spiro atoms. The lowest BCUT2D eigenvalue weighted by molar-refractivity contribution is -0.121. The molecule has 136 valence electrons. The van der Waals surface area contributed by atoms with Gasteiger partial charge >= 0.3 is 0 Å². The van der Waals surface area contributed by atoms with Gasteiger partial charge in [-0.05, 0) is 42.7 Å². The van der Waals surface area contributed by atoms with E-state index in [-0.39, 0.29) is 24.5 Å². The van der Waals surface area contributed by atoms with E-state index in [2.05, 4.69) is 19.2 Å². The van der Waals surface area contributed by atoms with Gasteiger partial charge in [0.05, 0.1) is 12.2 Å². The summed E-state index contributed by atoms with van der Waals surface area (Å²) in [5.41, 5.74) is 2.26. The minimum absolute atomic E-state index is 0.0308. The number of fused-ring (bicyclic) bond motifs is 1. The Morgan fingerprint density at radius 1 is 1.15 bits per heavy atom. The van der Waals surface area contributed by atoms with Crippen LogP contribution in [0, 0.1) is 5.92 Å². The van der Waals surface area contributed by atoms with Gasteiger partial charge in [-0.15, -0.1) is 0 Å². The Morgan fingerprint density at radius 3 is 2.69 bits per heavy atom. The first kappa shape index (κ1) is 18.0. The second kappa shape index (κ2) is 7.60. The average Bonchev–Trinajstić information content (AvgIpc) is 2.64. The Balaban J connectivity index is 1.79. The Hall–Kier alpha value is -2.82. The van der Waals surface area contributed by atoms with Crippen LogP contribution in [-0.4, -0.2) is 24.5 Å². The van der Waals surface area contributed by atoms with Gasteiger partial charge in [0, 0.05) is 11.6 Å². The summed E-state index contributed by atoms with van der Waals surface area (Å²) in [6.45, 7) is 6.57. The van der Waals surface area contributed by atoms with Crippen LogP contribution in [0.5, 0.6) is 5.75 Å². The van der Waals surface area contributed by atoms with E-state index in [1.807, 2.05) is 49.4 Å². The lowest BCUT2D eigenvalue weighted by Crippen LogP contribution is -2.38. The number of nitrogens with one attached hydrogen (secondary N) is 1. The molecule has 2 aromatic rings. The predicted octanol–water partition coefficient (Wildman–Crippen LogP) is 3.39. The highest BCUT2D eigenvalue weighted by Gasteiger charge is 2.25. The number of hydrogen-bond acceptors (Lipinski definition) is 3. The predicted molar refractivity (Wildman–Crippen MR) is 101 cm³/mol. The third kappa shape index (κ3) is 3.87. The first-order valence-electron chi connectivity index (χ1n) is 8.87. The molecule has 1 aliphatic heterocycles. The summed E-state index contributed by atoms with van der Waals surface area (Å²) in [5, 5.41) is 3.01. The largest absolute Gasteiger partial charge is 0.482 e. The maximum Gasteiger partial charge on any atom is 0.265 e. The number of hydrogen-bond donors (Lipinski definition) is 1. The molecule has 0 aromatic heterocycles. The highest BCUT2D eigenvalue weighted by atomic mass is 16.5. The van der Waals surface area contributed by atoms with Crippen molar-refractivity contribution in [3.05, 3.63) is 59.7 Å². The van der Waals surface area contributed by atoms with E-state index in [9.17, 15) is 9.59 Å². The van der Waals surface area contributed by atoms with Crippen LogP contribution in [0.3, 0.4) is 0 Å². The quantitative estimate of drug-likeness (QED) is 0.897. The molecule has 0 radical (unpaired) electrons. The summed E-state index contributed by atoms with van der Waals surface area (Å²) >= 11 is 0. The van der Waals surface area contributed by atoms with Crippen molar-refractivity contribution in [3.8, 4) is 5.75 Å². The molecule has 5 nitrogen and oxygen atoms in total. The normalized spacial score (nSPS) is 14.6. The zero-order chi connectivity index (χ0) is 18.7. The molecular formula is C21H24N2O3. The number of carbonyl (C=O) groups is 2. The average molecular weight is 352 g/mol. The van der Waals surface area contributed by atoms with E-state index in [1.54, 1.807) is 11.0 Å². The summed E-state index contributed by atoms with van der Waals surface area (Å²) in [6.07, 6.45) is 0. The van der Waals surface area contributed by atoms with Crippen molar-refractivity contribution in [2.45, 2.75) is 33.4 Å². The summed E-state index contributed by atoms with van der Waals surface area (Å²) in [6, 6.07) is 15.0. The van der Waals surface area contributed by atoms with Crippen LogP contribution in [-0.2, 0) is 11.3 Å². The lowest BCUT2D eigenvalue weighted by Gasteiger charge is -2.29. The van der Waals surface area contributed by atoms with Gasteiger partial charge in [-0.1, -0.05) is 38.1 Å². The smallest absolute Gasteiger partial charge is 0.265 e. The van der Waals surface area contributed by atoms with Crippen molar-refractivity contribution in [2.24, 2.45) is 5.92 Å². The molecule has 0 saturated heterocycles. The molecule has 0 aliphatic carbocycles. The van der Waals surface area contributed by atoms with Gasteiger partial charge in [0.1, 0.15) is 5.75 Å². The fraction of sp³-hybridized carbons (Fsp3) is 0.333. The van der Waals surface area contributed by atoms with E-state index in [1.165, 1.54) is 0 Å². The van der Waals surface area contributed by atoms with Crippen LogP contribution in [0.15, 0.2) is 48.5 Å². The number of anilines is 1. The van der Waals surface area contributed by atoms with Crippen molar-refractivity contribution in [3.63, 3.8) is 0 Å². The van der Waals surface area contributed by atoms with Crippen molar-refractivity contribution in [1.82, 2.24) is 5.32 Å². The highest BCUT2D eigenvalue weighted by molar-refractivity contribution is 5.98. The van der Waals surface area contributed by atoms with Gasteiger partial charge in [0.15, 0.2) is 6.61 Å². The summed E-state index contributed by atoms with van der Waals surface area (Å²) in [5.74, 6) is 0.880. The number of amides is 2. The number of nitrogens with zero attached hydrogens (tertiary/aromatic N) is 1. The number of ether oxygens (including phenoxy) is 1. The molecule has 0 saturated carbocycles.